The normalized spacial score (nSPS) is 22.1. The van der Waals surface area contributed by atoms with Crippen molar-refractivity contribution in [3.63, 3.8) is 0 Å². The quantitative estimate of drug-likeness (QED) is 0.693. The van der Waals surface area contributed by atoms with E-state index in [-0.39, 0.29) is 0 Å². The number of hydrogen-bond donors (Lipinski definition) is 0. The van der Waals surface area contributed by atoms with Gasteiger partial charge in [-0.25, -0.2) is 4.68 Å². The van der Waals surface area contributed by atoms with Gasteiger partial charge < -0.3 is 4.74 Å². The van der Waals surface area contributed by atoms with Crippen molar-refractivity contribution >= 4 is 22.5 Å². The summed E-state index contributed by atoms with van der Waals surface area (Å²) in [5.41, 5.74) is 3.32. The zero-order chi connectivity index (χ0) is 18.4. The molecule has 0 N–H and O–H groups in total. The van der Waals surface area contributed by atoms with Crippen molar-refractivity contribution in [2.75, 3.05) is 26.3 Å². The molecule has 5 rings (SSSR count). The van der Waals surface area contributed by atoms with Crippen LogP contribution in [0.4, 0.5) is 0 Å². The molecule has 0 spiro atoms. The van der Waals surface area contributed by atoms with Crippen LogP contribution in [-0.2, 0) is 11.8 Å². The lowest BCUT2D eigenvalue weighted by Crippen LogP contribution is -2.49. The smallest absolute Gasteiger partial charge is 0.103 e. The molecule has 1 aromatic carbocycles. The molecule has 2 aliphatic heterocycles. The third-order valence-electron chi connectivity index (χ3n) is 5.96. The van der Waals surface area contributed by atoms with Crippen LogP contribution in [0.25, 0.3) is 16.6 Å². The van der Waals surface area contributed by atoms with Gasteiger partial charge in [0.15, 0.2) is 0 Å². The summed E-state index contributed by atoms with van der Waals surface area (Å²) in [6.07, 6.45) is 9.22. The largest absolute Gasteiger partial charge is 0.378 e. The molecule has 2 aliphatic rings. The van der Waals surface area contributed by atoms with Crippen LogP contribution < -0.4 is 0 Å². The molecular weight excluding hydrogens is 362 g/mol. The molecule has 0 unspecified atom stereocenters. The fourth-order valence-corrected chi connectivity index (χ4v) is 4.65. The minimum atomic E-state index is 0.491. The molecular formula is C20H24ClN5O. The van der Waals surface area contributed by atoms with Gasteiger partial charge in [0, 0.05) is 17.5 Å². The van der Waals surface area contributed by atoms with Crippen LogP contribution >= 0.6 is 11.6 Å². The fraction of sp³-hybridized carbons (Fsp3) is 0.500. The highest BCUT2D eigenvalue weighted by Crippen LogP contribution is 2.36. The van der Waals surface area contributed by atoms with Crippen LogP contribution in [0.5, 0.6) is 0 Å². The maximum Gasteiger partial charge on any atom is 0.103 e. The Hall–Kier alpha value is -1.89. The van der Waals surface area contributed by atoms with Crippen molar-refractivity contribution < 1.29 is 4.74 Å². The molecule has 7 heteroatoms. The molecule has 4 heterocycles. The average molecular weight is 386 g/mol. The summed E-state index contributed by atoms with van der Waals surface area (Å²) in [5.74, 6) is 0.491. The molecule has 0 amide bonds. The fourth-order valence-electron chi connectivity index (χ4n) is 4.33. The Morgan fingerprint density at radius 2 is 2.00 bits per heavy atom. The van der Waals surface area contributed by atoms with Crippen LogP contribution in [-0.4, -0.2) is 56.8 Å². The Morgan fingerprint density at radius 3 is 2.74 bits per heavy atom. The Balaban J connectivity index is 1.46. The van der Waals surface area contributed by atoms with Crippen molar-refractivity contribution in [1.82, 2.24) is 24.5 Å². The summed E-state index contributed by atoms with van der Waals surface area (Å²) >= 11 is 6.70. The third-order valence-corrected chi connectivity index (χ3v) is 6.29. The van der Waals surface area contributed by atoms with E-state index in [0.717, 1.165) is 54.3 Å². The van der Waals surface area contributed by atoms with Crippen LogP contribution in [0.15, 0.2) is 30.7 Å². The first-order valence-corrected chi connectivity index (χ1v) is 10.0. The highest BCUT2D eigenvalue weighted by atomic mass is 35.5. The molecule has 142 valence electrons. The van der Waals surface area contributed by atoms with Crippen LogP contribution in [0.3, 0.4) is 0 Å². The van der Waals surface area contributed by atoms with E-state index in [0.29, 0.717) is 12.0 Å². The van der Waals surface area contributed by atoms with Crippen molar-refractivity contribution in [2.45, 2.75) is 31.2 Å². The van der Waals surface area contributed by atoms with E-state index in [9.17, 15) is 0 Å². The number of benzene rings is 1. The lowest BCUT2D eigenvalue weighted by Gasteiger charge is -2.36. The van der Waals surface area contributed by atoms with Gasteiger partial charge in [-0.3, -0.25) is 9.58 Å². The molecule has 0 aliphatic carbocycles. The number of aryl methyl sites for hydroxylation is 1. The maximum atomic E-state index is 6.70. The standard InChI is InChI=1S/C20H24ClN5O/c1-24-11-16(10-22-24)26-20-8-18(19(21)7-15(20)9-23-26)14-3-2-5-25(6-4-14)17-12-27-13-17/h7-11,14,17H,2-6,12-13H2,1H3/t14-/m1/s1. The highest BCUT2D eigenvalue weighted by Gasteiger charge is 2.29. The van der Waals surface area contributed by atoms with Crippen molar-refractivity contribution in [3.8, 4) is 5.69 Å². The van der Waals surface area contributed by atoms with Crippen molar-refractivity contribution in [3.05, 3.63) is 41.3 Å². The molecule has 6 nitrogen and oxygen atoms in total. The van der Waals surface area contributed by atoms with Crippen molar-refractivity contribution in [2.24, 2.45) is 7.05 Å². The lowest BCUT2D eigenvalue weighted by atomic mass is 9.91. The maximum absolute atomic E-state index is 6.70. The topological polar surface area (TPSA) is 48.1 Å². The summed E-state index contributed by atoms with van der Waals surface area (Å²) in [5, 5.41) is 10.8. The molecule has 0 radical (unpaired) electrons. The number of halogens is 1. The summed E-state index contributed by atoms with van der Waals surface area (Å²) in [4.78, 5) is 2.59. The minimum absolute atomic E-state index is 0.491. The molecule has 27 heavy (non-hydrogen) atoms. The molecule has 1 atom stereocenters. The van der Waals surface area contributed by atoms with Crippen LogP contribution in [0, 0.1) is 0 Å². The molecule has 0 saturated carbocycles. The van der Waals surface area contributed by atoms with E-state index in [1.54, 1.807) is 4.68 Å². The monoisotopic (exact) mass is 385 g/mol. The predicted octanol–water partition coefficient (Wildman–Crippen LogP) is 3.38. The van der Waals surface area contributed by atoms with E-state index in [4.69, 9.17) is 16.3 Å². The van der Waals surface area contributed by atoms with E-state index in [1.165, 1.54) is 18.4 Å². The Bertz CT molecular complexity index is 961. The van der Waals surface area contributed by atoms with E-state index in [2.05, 4.69) is 27.2 Å². The molecule has 2 fully saturated rings. The summed E-state index contributed by atoms with van der Waals surface area (Å²) in [7, 11) is 1.92. The van der Waals surface area contributed by atoms with Gasteiger partial charge in [0.1, 0.15) is 5.69 Å². The first-order chi connectivity index (χ1) is 13.2. The van der Waals surface area contributed by atoms with E-state index < -0.39 is 0 Å². The Kier molecular flexibility index (Phi) is 4.42. The molecule has 3 aromatic rings. The predicted molar refractivity (Wildman–Crippen MR) is 106 cm³/mol. The first-order valence-electron chi connectivity index (χ1n) is 9.67. The van der Waals surface area contributed by atoms with Gasteiger partial charge in [-0.2, -0.15) is 10.2 Å². The summed E-state index contributed by atoms with van der Waals surface area (Å²) in [6, 6.07) is 4.92. The van der Waals surface area contributed by atoms with Gasteiger partial charge in [-0.05, 0) is 56.0 Å². The van der Waals surface area contributed by atoms with Crippen LogP contribution in [0.1, 0.15) is 30.7 Å². The second-order valence-corrected chi connectivity index (χ2v) is 8.12. The number of aromatic nitrogens is 4. The summed E-state index contributed by atoms with van der Waals surface area (Å²) in [6.45, 7) is 4.07. The highest BCUT2D eigenvalue weighted by molar-refractivity contribution is 6.32. The van der Waals surface area contributed by atoms with Gasteiger partial charge in [-0.15, -0.1) is 0 Å². The van der Waals surface area contributed by atoms with E-state index in [1.807, 2.05) is 30.3 Å². The van der Waals surface area contributed by atoms with E-state index >= 15 is 0 Å². The Labute approximate surface area is 163 Å². The number of rotatable bonds is 3. The zero-order valence-electron chi connectivity index (χ0n) is 15.5. The first kappa shape index (κ1) is 17.2. The second kappa shape index (κ2) is 6.93. The molecule has 2 aromatic heterocycles. The number of likely N-dealkylation sites (tertiary alicyclic amines) is 1. The number of ether oxygens (including phenoxy) is 1. The number of nitrogens with zero attached hydrogens (tertiary/aromatic N) is 5. The SMILES string of the molecule is Cn1cc(-n2ncc3cc(Cl)c([C@@H]4CCCN(C5COC5)CC4)cc32)cn1. The molecule has 2 saturated heterocycles. The third kappa shape index (κ3) is 3.16. The van der Waals surface area contributed by atoms with Gasteiger partial charge in [-0.1, -0.05) is 11.6 Å². The van der Waals surface area contributed by atoms with Crippen LogP contribution in [0.2, 0.25) is 5.02 Å². The Morgan fingerprint density at radius 1 is 1.11 bits per heavy atom. The lowest BCUT2D eigenvalue weighted by molar-refractivity contribution is -0.0637. The van der Waals surface area contributed by atoms with Gasteiger partial charge in [0.2, 0.25) is 0 Å². The van der Waals surface area contributed by atoms with Gasteiger partial charge in [0.25, 0.3) is 0 Å². The molecule has 0 bridgehead atoms. The van der Waals surface area contributed by atoms with Gasteiger partial charge >= 0.3 is 0 Å². The minimum Gasteiger partial charge on any atom is -0.378 e. The summed E-state index contributed by atoms with van der Waals surface area (Å²) < 4.78 is 9.13. The van der Waals surface area contributed by atoms with Gasteiger partial charge in [0.05, 0.1) is 43.4 Å². The average Bonchev–Trinajstić information content (AvgIpc) is 3.13. The second-order valence-electron chi connectivity index (χ2n) is 7.72. The zero-order valence-corrected chi connectivity index (χ0v) is 16.3. The number of hydrogen-bond acceptors (Lipinski definition) is 4. The number of fused-ring (bicyclic) bond motifs is 1. The van der Waals surface area contributed by atoms with Crippen molar-refractivity contribution in [1.29, 1.82) is 0 Å².